The minimum absolute atomic E-state index is 0.0750. The monoisotopic (exact) mass is 413 g/mol. The van der Waals surface area contributed by atoms with Gasteiger partial charge in [0.1, 0.15) is 6.61 Å². The van der Waals surface area contributed by atoms with Gasteiger partial charge in [-0.2, -0.15) is 0 Å². The molecule has 0 aromatic heterocycles. The molecule has 156 valence electrons. The highest BCUT2D eigenvalue weighted by atomic mass is 16.7. The molecule has 3 aliphatic rings. The average Bonchev–Trinajstić information content (AvgIpc) is 3.40. The summed E-state index contributed by atoms with van der Waals surface area (Å²) in [6.07, 6.45) is 1.72. The molecule has 0 saturated carbocycles. The molecule has 1 fully saturated rings. The van der Waals surface area contributed by atoms with Crippen LogP contribution in [-0.4, -0.2) is 24.3 Å². The SMILES string of the molecule is O=C(OCc1ccccc1)N1CC[C@@H]2C[C@@H]1c1cc(-c3ccc4c(c3)OCO4)ccc12. The van der Waals surface area contributed by atoms with E-state index in [0.29, 0.717) is 12.5 Å². The highest BCUT2D eigenvalue weighted by Gasteiger charge is 2.41. The standard InChI is InChI=1S/C26H23NO4/c28-26(29-15-17-4-2-1-3-5-17)27-11-10-20-13-23(27)22-12-18(6-8-21(20)22)19-7-9-24-25(14-19)31-16-30-24/h1-9,12,14,20,23H,10-11,13,15-16H2/t20-,23-/m1/s1. The number of hydrogen-bond donors (Lipinski definition) is 0. The van der Waals surface area contributed by atoms with Gasteiger partial charge in [-0.15, -0.1) is 0 Å². The number of benzene rings is 3. The summed E-state index contributed by atoms with van der Waals surface area (Å²) in [6.45, 7) is 1.31. The third-order valence-corrected chi connectivity index (χ3v) is 6.63. The summed E-state index contributed by atoms with van der Waals surface area (Å²) >= 11 is 0. The number of nitrogens with zero attached hydrogens (tertiary/aromatic N) is 1. The number of piperidine rings is 1. The summed E-state index contributed by atoms with van der Waals surface area (Å²) in [5.74, 6) is 2.08. The zero-order valence-electron chi connectivity index (χ0n) is 17.1. The van der Waals surface area contributed by atoms with Gasteiger partial charge in [-0.3, -0.25) is 0 Å². The summed E-state index contributed by atoms with van der Waals surface area (Å²) in [6, 6.07) is 22.6. The van der Waals surface area contributed by atoms with Gasteiger partial charge >= 0.3 is 6.09 Å². The highest BCUT2D eigenvalue weighted by Crippen LogP contribution is 2.50. The Morgan fingerprint density at radius 2 is 1.74 bits per heavy atom. The van der Waals surface area contributed by atoms with Crippen molar-refractivity contribution in [3.05, 3.63) is 83.4 Å². The molecule has 2 bridgehead atoms. The van der Waals surface area contributed by atoms with Gasteiger partial charge in [-0.1, -0.05) is 48.5 Å². The number of hydrogen-bond acceptors (Lipinski definition) is 4. The first-order valence-corrected chi connectivity index (χ1v) is 10.8. The summed E-state index contributed by atoms with van der Waals surface area (Å²) in [7, 11) is 0. The Kier molecular flexibility index (Phi) is 4.34. The summed E-state index contributed by atoms with van der Waals surface area (Å²) in [4.78, 5) is 14.8. The van der Waals surface area contributed by atoms with Crippen molar-refractivity contribution in [3.63, 3.8) is 0 Å². The molecule has 0 spiro atoms. The number of amides is 1. The fraction of sp³-hybridized carbons (Fsp3) is 0.269. The zero-order valence-corrected chi connectivity index (χ0v) is 17.1. The molecule has 5 nitrogen and oxygen atoms in total. The predicted octanol–water partition coefficient (Wildman–Crippen LogP) is 5.65. The van der Waals surface area contributed by atoms with Crippen LogP contribution in [0, 0.1) is 0 Å². The Morgan fingerprint density at radius 3 is 2.65 bits per heavy atom. The first-order valence-electron chi connectivity index (χ1n) is 10.8. The van der Waals surface area contributed by atoms with Crippen molar-refractivity contribution in [2.24, 2.45) is 0 Å². The van der Waals surface area contributed by atoms with Crippen molar-refractivity contribution in [1.29, 1.82) is 0 Å². The molecular weight excluding hydrogens is 390 g/mol. The van der Waals surface area contributed by atoms with Crippen LogP contribution in [0.15, 0.2) is 66.7 Å². The van der Waals surface area contributed by atoms with Crippen LogP contribution in [0.25, 0.3) is 11.1 Å². The van der Waals surface area contributed by atoms with Crippen molar-refractivity contribution >= 4 is 6.09 Å². The fourth-order valence-electron chi connectivity index (χ4n) is 5.05. The van der Waals surface area contributed by atoms with Gasteiger partial charge in [0.15, 0.2) is 11.5 Å². The Morgan fingerprint density at radius 1 is 0.935 bits per heavy atom. The molecular formula is C26H23NO4. The van der Waals surface area contributed by atoms with Crippen molar-refractivity contribution in [2.75, 3.05) is 13.3 Å². The molecule has 2 atom stereocenters. The molecule has 2 heterocycles. The quantitative estimate of drug-likeness (QED) is 0.556. The maximum atomic E-state index is 12.9. The van der Waals surface area contributed by atoms with E-state index in [2.05, 4.69) is 24.3 Å². The van der Waals surface area contributed by atoms with Crippen LogP contribution < -0.4 is 9.47 Å². The van der Waals surface area contributed by atoms with Crippen molar-refractivity contribution in [3.8, 4) is 22.6 Å². The maximum Gasteiger partial charge on any atom is 0.410 e. The van der Waals surface area contributed by atoms with Crippen LogP contribution in [0.4, 0.5) is 4.79 Å². The molecule has 3 aromatic carbocycles. The molecule has 0 unspecified atom stereocenters. The molecule has 6 rings (SSSR count). The predicted molar refractivity (Wildman–Crippen MR) is 116 cm³/mol. The Bertz CT molecular complexity index is 1140. The molecule has 0 radical (unpaired) electrons. The first-order chi connectivity index (χ1) is 15.3. The molecule has 3 aromatic rings. The van der Waals surface area contributed by atoms with Gasteiger partial charge in [0.2, 0.25) is 6.79 Å². The van der Waals surface area contributed by atoms with Gasteiger partial charge in [0, 0.05) is 6.54 Å². The van der Waals surface area contributed by atoms with Gasteiger partial charge in [0.25, 0.3) is 0 Å². The summed E-state index contributed by atoms with van der Waals surface area (Å²) in [5.41, 5.74) is 5.83. The van der Waals surface area contributed by atoms with Crippen LogP contribution in [-0.2, 0) is 11.3 Å². The Labute approximate surface area is 181 Å². The van der Waals surface area contributed by atoms with Crippen LogP contribution in [0.3, 0.4) is 0 Å². The molecule has 5 heteroatoms. The number of likely N-dealkylation sites (tertiary alicyclic amines) is 1. The molecule has 31 heavy (non-hydrogen) atoms. The minimum atomic E-state index is -0.228. The smallest absolute Gasteiger partial charge is 0.410 e. The number of rotatable bonds is 3. The summed E-state index contributed by atoms with van der Waals surface area (Å²) in [5, 5.41) is 0. The second-order valence-corrected chi connectivity index (χ2v) is 8.38. The number of fused-ring (bicyclic) bond motifs is 6. The minimum Gasteiger partial charge on any atom is -0.454 e. The number of carbonyl (C=O) groups excluding carboxylic acids is 1. The average molecular weight is 413 g/mol. The Hall–Kier alpha value is -3.47. The second kappa shape index (κ2) is 7.34. The van der Waals surface area contributed by atoms with Crippen molar-refractivity contribution in [1.82, 2.24) is 4.90 Å². The second-order valence-electron chi connectivity index (χ2n) is 8.38. The van der Waals surface area contributed by atoms with Gasteiger partial charge in [-0.05, 0) is 64.8 Å². The molecule has 1 aliphatic carbocycles. The van der Waals surface area contributed by atoms with Gasteiger partial charge in [-0.25, -0.2) is 4.79 Å². The third kappa shape index (κ3) is 3.21. The van der Waals surface area contributed by atoms with E-state index in [1.165, 1.54) is 11.1 Å². The van der Waals surface area contributed by atoms with E-state index >= 15 is 0 Å². The lowest BCUT2D eigenvalue weighted by Crippen LogP contribution is -2.37. The van der Waals surface area contributed by atoms with E-state index in [-0.39, 0.29) is 18.9 Å². The van der Waals surface area contributed by atoms with Gasteiger partial charge in [0.05, 0.1) is 6.04 Å². The molecule has 2 aliphatic heterocycles. The largest absolute Gasteiger partial charge is 0.454 e. The van der Waals surface area contributed by atoms with Gasteiger partial charge < -0.3 is 19.1 Å². The van der Waals surface area contributed by atoms with E-state index in [9.17, 15) is 4.79 Å². The van der Waals surface area contributed by atoms with Crippen LogP contribution >= 0.6 is 0 Å². The fourth-order valence-corrected chi connectivity index (χ4v) is 5.05. The van der Waals surface area contributed by atoms with Crippen molar-refractivity contribution in [2.45, 2.75) is 31.4 Å². The lowest BCUT2D eigenvalue weighted by atomic mass is 9.95. The molecule has 0 N–H and O–H groups in total. The van der Waals surface area contributed by atoms with E-state index in [1.54, 1.807) is 0 Å². The zero-order chi connectivity index (χ0) is 20.8. The number of ether oxygens (including phenoxy) is 3. The molecule has 1 saturated heterocycles. The Balaban J connectivity index is 1.26. The first kappa shape index (κ1) is 18.3. The highest BCUT2D eigenvalue weighted by molar-refractivity contribution is 5.72. The van der Waals surface area contributed by atoms with E-state index in [0.717, 1.165) is 47.6 Å². The topological polar surface area (TPSA) is 48.0 Å². The van der Waals surface area contributed by atoms with E-state index in [4.69, 9.17) is 14.2 Å². The van der Waals surface area contributed by atoms with Crippen LogP contribution in [0.2, 0.25) is 0 Å². The molecule has 1 amide bonds. The van der Waals surface area contributed by atoms with E-state index in [1.807, 2.05) is 47.4 Å². The lowest BCUT2D eigenvalue weighted by Gasteiger charge is -2.33. The normalized spacial score (nSPS) is 20.5. The van der Waals surface area contributed by atoms with Crippen molar-refractivity contribution < 1.29 is 19.0 Å². The number of carbonyl (C=O) groups is 1. The van der Waals surface area contributed by atoms with Crippen LogP contribution in [0.5, 0.6) is 11.5 Å². The lowest BCUT2D eigenvalue weighted by molar-refractivity contribution is 0.0694. The maximum absolute atomic E-state index is 12.9. The third-order valence-electron chi connectivity index (χ3n) is 6.63. The van der Waals surface area contributed by atoms with E-state index < -0.39 is 0 Å². The van der Waals surface area contributed by atoms with Crippen LogP contribution in [0.1, 0.15) is 41.5 Å². The summed E-state index contributed by atoms with van der Waals surface area (Å²) < 4.78 is 16.6.